The molecule has 1 atom stereocenters. The number of nitrogens with two attached hydrogens (primary N) is 1. The minimum absolute atomic E-state index is 0.104. The standard InChI is InChI=1S/C20H22N2O6/c1-20(19(25)26,14-6-4-3-5-7-14)12-22-18(24)13-8-9-15(16(10-13)27-2)28-11-17(21)23/h3-10H,11-12H2,1-2H3,(H2,21,23)(H,22,24)(H,25,26). The van der Waals surface area contributed by atoms with E-state index in [0.29, 0.717) is 5.56 Å². The van der Waals surface area contributed by atoms with Gasteiger partial charge in [0.2, 0.25) is 0 Å². The first kappa shape index (κ1) is 20.8. The van der Waals surface area contributed by atoms with Crippen LogP contribution in [-0.2, 0) is 15.0 Å². The number of carbonyl (C=O) groups excluding carboxylic acids is 2. The van der Waals surface area contributed by atoms with Crippen molar-refractivity contribution >= 4 is 17.8 Å². The minimum atomic E-state index is -1.29. The van der Waals surface area contributed by atoms with Gasteiger partial charge in [-0.25, -0.2) is 0 Å². The summed E-state index contributed by atoms with van der Waals surface area (Å²) >= 11 is 0. The second-order valence-electron chi connectivity index (χ2n) is 6.31. The number of aliphatic carboxylic acids is 1. The van der Waals surface area contributed by atoms with Crippen molar-refractivity contribution in [2.75, 3.05) is 20.3 Å². The van der Waals surface area contributed by atoms with E-state index in [0.717, 1.165) is 0 Å². The van der Waals surface area contributed by atoms with Crippen LogP contribution >= 0.6 is 0 Å². The molecule has 2 amide bonds. The monoisotopic (exact) mass is 386 g/mol. The number of nitrogens with one attached hydrogen (secondary N) is 1. The van der Waals surface area contributed by atoms with Gasteiger partial charge >= 0.3 is 5.97 Å². The molecule has 0 bridgehead atoms. The molecule has 148 valence electrons. The van der Waals surface area contributed by atoms with Crippen molar-refractivity contribution in [2.24, 2.45) is 5.73 Å². The van der Waals surface area contributed by atoms with Gasteiger partial charge in [0, 0.05) is 12.1 Å². The molecule has 4 N–H and O–H groups in total. The van der Waals surface area contributed by atoms with Crippen LogP contribution in [0.1, 0.15) is 22.8 Å². The van der Waals surface area contributed by atoms with Crippen molar-refractivity contribution in [1.29, 1.82) is 0 Å². The maximum absolute atomic E-state index is 12.5. The molecule has 0 heterocycles. The number of methoxy groups -OCH3 is 1. The summed E-state index contributed by atoms with van der Waals surface area (Å²) < 4.78 is 10.4. The van der Waals surface area contributed by atoms with E-state index >= 15 is 0 Å². The van der Waals surface area contributed by atoms with Crippen LogP contribution in [0.15, 0.2) is 48.5 Å². The first-order chi connectivity index (χ1) is 13.3. The molecular formula is C20H22N2O6. The van der Waals surface area contributed by atoms with Gasteiger partial charge in [-0.3, -0.25) is 14.4 Å². The quantitative estimate of drug-likeness (QED) is 0.596. The largest absolute Gasteiger partial charge is 0.493 e. The summed E-state index contributed by atoms with van der Waals surface area (Å²) in [6.45, 7) is 1.12. The molecule has 0 saturated carbocycles. The van der Waals surface area contributed by atoms with Crippen LogP contribution in [0.25, 0.3) is 0 Å². The van der Waals surface area contributed by atoms with Gasteiger partial charge in [-0.1, -0.05) is 30.3 Å². The van der Waals surface area contributed by atoms with E-state index in [1.165, 1.54) is 25.3 Å². The Labute approximate surface area is 162 Å². The number of hydrogen-bond acceptors (Lipinski definition) is 5. The van der Waals surface area contributed by atoms with E-state index in [1.807, 2.05) is 0 Å². The number of hydrogen-bond donors (Lipinski definition) is 3. The molecule has 0 aromatic heterocycles. The highest BCUT2D eigenvalue weighted by atomic mass is 16.5. The maximum Gasteiger partial charge on any atom is 0.315 e. The summed E-state index contributed by atoms with van der Waals surface area (Å²) in [5, 5.41) is 12.3. The van der Waals surface area contributed by atoms with Crippen molar-refractivity contribution in [1.82, 2.24) is 5.32 Å². The van der Waals surface area contributed by atoms with Crippen molar-refractivity contribution in [3.05, 3.63) is 59.7 Å². The van der Waals surface area contributed by atoms with Crippen LogP contribution in [0.2, 0.25) is 0 Å². The van der Waals surface area contributed by atoms with E-state index < -0.39 is 23.2 Å². The predicted molar refractivity (Wildman–Crippen MR) is 101 cm³/mol. The van der Waals surface area contributed by atoms with Crippen LogP contribution in [0.3, 0.4) is 0 Å². The normalized spacial score (nSPS) is 12.5. The molecule has 0 saturated heterocycles. The Kier molecular flexibility index (Phi) is 6.59. The number of carboxylic acid groups (broad SMARTS) is 1. The SMILES string of the molecule is COc1cc(C(=O)NCC(C)(C(=O)O)c2ccccc2)ccc1OCC(N)=O. The van der Waals surface area contributed by atoms with Crippen molar-refractivity contribution in [3.63, 3.8) is 0 Å². The van der Waals surface area contributed by atoms with Gasteiger partial charge in [0.15, 0.2) is 18.1 Å². The molecule has 0 fully saturated rings. The molecule has 2 aromatic rings. The van der Waals surface area contributed by atoms with Gasteiger partial charge in [-0.2, -0.15) is 0 Å². The Hall–Kier alpha value is -3.55. The van der Waals surface area contributed by atoms with Gasteiger partial charge in [0.05, 0.1) is 7.11 Å². The van der Waals surface area contributed by atoms with E-state index in [4.69, 9.17) is 15.2 Å². The summed E-state index contributed by atoms with van der Waals surface area (Å²) in [5.74, 6) is -1.65. The number of primary amides is 1. The Morgan fingerprint density at radius 2 is 1.79 bits per heavy atom. The molecule has 0 spiro atoms. The third-order valence-electron chi connectivity index (χ3n) is 4.28. The Morgan fingerprint density at radius 3 is 2.36 bits per heavy atom. The lowest BCUT2D eigenvalue weighted by molar-refractivity contribution is -0.143. The fourth-order valence-corrected chi connectivity index (χ4v) is 2.54. The number of ether oxygens (including phenoxy) is 2. The molecule has 0 aliphatic heterocycles. The lowest BCUT2D eigenvalue weighted by Crippen LogP contribution is -2.44. The van der Waals surface area contributed by atoms with Crippen molar-refractivity contribution < 1.29 is 29.0 Å². The fourth-order valence-electron chi connectivity index (χ4n) is 2.54. The Balaban J connectivity index is 2.15. The second-order valence-corrected chi connectivity index (χ2v) is 6.31. The predicted octanol–water partition coefficient (Wildman–Crippen LogP) is 1.33. The zero-order valence-electron chi connectivity index (χ0n) is 15.6. The lowest BCUT2D eigenvalue weighted by Gasteiger charge is -2.25. The number of benzene rings is 2. The summed E-state index contributed by atoms with van der Waals surface area (Å²) in [6, 6.07) is 13.1. The molecule has 0 radical (unpaired) electrons. The molecule has 28 heavy (non-hydrogen) atoms. The van der Waals surface area contributed by atoms with E-state index in [9.17, 15) is 19.5 Å². The molecule has 2 rings (SSSR count). The summed E-state index contributed by atoms with van der Waals surface area (Å²) in [7, 11) is 1.39. The Morgan fingerprint density at radius 1 is 1.11 bits per heavy atom. The third-order valence-corrected chi connectivity index (χ3v) is 4.28. The highest BCUT2D eigenvalue weighted by Crippen LogP contribution is 2.28. The first-order valence-corrected chi connectivity index (χ1v) is 8.44. The third kappa shape index (κ3) is 4.79. The number of rotatable bonds is 9. The highest BCUT2D eigenvalue weighted by molar-refractivity contribution is 5.95. The van der Waals surface area contributed by atoms with E-state index in [-0.39, 0.29) is 30.2 Å². The average molecular weight is 386 g/mol. The highest BCUT2D eigenvalue weighted by Gasteiger charge is 2.35. The second kappa shape index (κ2) is 8.90. The molecule has 8 nitrogen and oxygen atoms in total. The van der Waals surface area contributed by atoms with Gasteiger partial charge in [0.1, 0.15) is 5.41 Å². The number of carboxylic acids is 1. The minimum Gasteiger partial charge on any atom is -0.493 e. The van der Waals surface area contributed by atoms with Crippen molar-refractivity contribution in [3.8, 4) is 11.5 Å². The summed E-state index contributed by atoms with van der Waals surface area (Å²) in [4.78, 5) is 35.2. The van der Waals surface area contributed by atoms with Gasteiger partial charge < -0.3 is 25.6 Å². The van der Waals surface area contributed by atoms with E-state index in [2.05, 4.69) is 5.32 Å². The molecule has 1 unspecified atom stereocenters. The summed E-state index contributed by atoms with van der Waals surface area (Å²) in [5.41, 5.74) is 4.59. The van der Waals surface area contributed by atoms with Crippen LogP contribution in [0.4, 0.5) is 0 Å². The zero-order valence-corrected chi connectivity index (χ0v) is 15.6. The smallest absolute Gasteiger partial charge is 0.315 e. The van der Waals surface area contributed by atoms with Crippen LogP contribution in [-0.4, -0.2) is 43.2 Å². The van der Waals surface area contributed by atoms with Gasteiger partial charge in [0.25, 0.3) is 11.8 Å². The van der Waals surface area contributed by atoms with Crippen LogP contribution in [0, 0.1) is 0 Å². The molecule has 0 aliphatic rings. The first-order valence-electron chi connectivity index (χ1n) is 8.44. The van der Waals surface area contributed by atoms with E-state index in [1.54, 1.807) is 37.3 Å². The molecular weight excluding hydrogens is 364 g/mol. The van der Waals surface area contributed by atoms with Gasteiger partial charge in [-0.15, -0.1) is 0 Å². The van der Waals surface area contributed by atoms with Crippen LogP contribution < -0.4 is 20.5 Å². The maximum atomic E-state index is 12.5. The lowest BCUT2D eigenvalue weighted by atomic mass is 9.82. The fraction of sp³-hybridized carbons (Fsp3) is 0.250. The van der Waals surface area contributed by atoms with Crippen LogP contribution in [0.5, 0.6) is 11.5 Å². The molecule has 2 aromatic carbocycles. The Bertz CT molecular complexity index is 868. The summed E-state index contributed by atoms with van der Waals surface area (Å²) in [6.07, 6.45) is 0. The van der Waals surface area contributed by atoms with Gasteiger partial charge in [-0.05, 0) is 30.7 Å². The zero-order chi connectivity index (χ0) is 20.7. The van der Waals surface area contributed by atoms with Crippen molar-refractivity contribution in [2.45, 2.75) is 12.3 Å². The average Bonchev–Trinajstić information content (AvgIpc) is 2.70. The number of amides is 2. The molecule has 0 aliphatic carbocycles. The molecule has 8 heteroatoms. The topological polar surface area (TPSA) is 128 Å². The number of carbonyl (C=O) groups is 3.